The van der Waals surface area contributed by atoms with Crippen molar-refractivity contribution in [3.05, 3.63) is 58.9 Å². The minimum atomic E-state index is -0.272. The molecule has 1 aliphatic heterocycles. The Morgan fingerprint density at radius 1 is 1.33 bits per heavy atom. The number of ether oxygens (including phenoxy) is 2. The Balaban J connectivity index is 1.58. The van der Waals surface area contributed by atoms with E-state index in [2.05, 4.69) is 15.5 Å². The van der Waals surface area contributed by atoms with Crippen LogP contribution in [0.5, 0.6) is 11.5 Å². The van der Waals surface area contributed by atoms with E-state index in [1.807, 2.05) is 65.0 Å². The predicted octanol–water partition coefficient (Wildman–Crippen LogP) is 5.54. The van der Waals surface area contributed by atoms with Crippen molar-refractivity contribution in [2.24, 2.45) is 0 Å². The van der Waals surface area contributed by atoms with Gasteiger partial charge in [0.2, 0.25) is 5.91 Å². The largest absolute Gasteiger partial charge is 0.493 e. The summed E-state index contributed by atoms with van der Waals surface area (Å²) in [7, 11) is 0. The Bertz CT molecular complexity index is 1200. The second-order valence-electron chi connectivity index (χ2n) is 8.50. The van der Waals surface area contributed by atoms with Crippen LogP contribution in [0.3, 0.4) is 0 Å². The van der Waals surface area contributed by atoms with Crippen LogP contribution in [0.4, 0.5) is 5.69 Å². The van der Waals surface area contributed by atoms with Gasteiger partial charge in [0.25, 0.3) is 5.89 Å². The molecule has 0 saturated heterocycles. The lowest BCUT2D eigenvalue weighted by atomic mass is 10.1. The SMILES string of the molecule is CCOc1cc2c(cc1/C=C/C(=O)Nc1c(C)cccc1-c1nc(C(C)C)no1)OC(C)C2. The molecule has 7 nitrogen and oxygen atoms in total. The zero-order valence-electron chi connectivity index (χ0n) is 19.6. The molecular weight excluding hydrogens is 418 g/mol. The van der Waals surface area contributed by atoms with Crippen LogP contribution in [-0.4, -0.2) is 28.8 Å². The molecule has 7 heteroatoms. The zero-order valence-corrected chi connectivity index (χ0v) is 19.6. The van der Waals surface area contributed by atoms with Crippen LogP contribution in [0.25, 0.3) is 17.5 Å². The maximum atomic E-state index is 12.9. The number of aromatic nitrogens is 2. The first-order valence-electron chi connectivity index (χ1n) is 11.2. The lowest BCUT2D eigenvalue weighted by molar-refractivity contribution is -0.111. The summed E-state index contributed by atoms with van der Waals surface area (Å²) in [4.78, 5) is 17.3. The fourth-order valence-electron chi connectivity index (χ4n) is 3.79. The third-order valence-corrected chi connectivity index (χ3v) is 5.45. The van der Waals surface area contributed by atoms with Gasteiger partial charge in [-0.25, -0.2) is 0 Å². The third-order valence-electron chi connectivity index (χ3n) is 5.45. The van der Waals surface area contributed by atoms with Crippen LogP contribution in [0, 0.1) is 6.92 Å². The number of anilines is 1. The summed E-state index contributed by atoms with van der Waals surface area (Å²) in [6, 6.07) is 9.61. The number of benzene rings is 2. The highest BCUT2D eigenvalue weighted by Crippen LogP contribution is 2.36. The van der Waals surface area contributed by atoms with Gasteiger partial charge in [0.1, 0.15) is 17.6 Å². The van der Waals surface area contributed by atoms with Gasteiger partial charge in [-0.1, -0.05) is 31.1 Å². The molecule has 0 fully saturated rings. The first-order valence-corrected chi connectivity index (χ1v) is 11.2. The molecule has 172 valence electrons. The Morgan fingerprint density at radius 2 is 2.15 bits per heavy atom. The summed E-state index contributed by atoms with van der Waals surface area (Å²) in [5.41, 5.74) is 4.14. The summed E-state index contributed by atoms with van der Waals surface area (Å²) in [6.07, 6.45) is 4.22. The second-order valence-corrected chi connectivity index (χ2v) is 8.50. The van der Waals surface area contributed by atoms with E-state index in [0.29, 0.717) is 29.6 Å². The molecule has 1 aromatic heterocycles. The van der Waals surface area contributed by atoms with E-state index in [4.69, 9.17) is 14.0 Å². The van der Waals surface area contributed by atoms with Gasteiger partial charge >= 0.3 is 0 Å². The quantitative estimate of drug-likeness (QED) is 0.479. The number of carbonyl (C=O) groups excluding carboxylic acids is 1. The summed E-state index contributed by atoms with van der Waals surface area (Å²) in [5.74, 6) is 2.45. The molecule has 0 radical (unpaired) electrons. The normalized spacial score (nSPS) is 15.0. The number of nitrogens with zero attached hydrogens (tertiary/aromatic N) is 2. The predicted molar refractivity (Wildman–Crippen MR) is 128 cm³/mol. The first kappa shape index (κ1) is 22.6. The monoisotopic (exact) mass is 447 g/mol. The molecule has 1 aliphatic rings. The van der Waals surface area contributed by atoms with Crippen molar-refractivity contribution < 1.29 is 18.8 Å². The van der Waals surface area contributed by atoms with Crippen molar-refractivity contribution in [1.29, 1.82) is 0 Å². The lowest BCUT2D eigenvalue weighted by Gasteiger charge is -2.11. The number of hydrogen-bond donors (Lipinski definition) is 1. The van der Waals surface area contributed by atoms with E-state index in [1.165, 1.54) is 6.08 Å². The summed E-state index contributed by atoms with van der Waals surface area (Å²) < 4.78 is 17.1. The molecule has 3 aromatic rings. The molecular formula is C26H29N3O4. The van der Waals surface area contributed by atoms with Crippen molar-refractivity contribution in [2.45, 2.75) is 53.1 Å². The van der Waals surface area contributed by atoms with Gasteiger partial charge in [0.05, 0.1) is 17.9 Å². The maximum Gasteiger partial charge on any atom is 0.260 e. The lowest BCUT2D eigenvalue weighted by Crippen LogP contribution is -2.10. The molecule has 0 spiro atoms. The van der Waals surface area contributed by atoms with Crippen LogP contribution in [-0.2, 0) is 11.2 Å². The van der Waals surface area contributed by atoms with Crippen LogP contribution in [0.2, 0.25) is 0 Å². The van der Waals surface area contributed by atoms with Crippen LogP contribution < -0.4 is 14.8 Å². The van der Waals surface area contributed by atoms with Crippen LogP contribution in [0.15, 0.2) is 40.9 Å². The molecule has 2 heterocycles. The molecule has 33 heavy (non-hydrogen) atoms. The average molecular weight is 448 g/mol. The molecule has 0 saturated carbocycles. The minimum Gasteiger partial charge on any atom is -0.493 e. The first-order chi connectivity index (χ1) is 15.9. The van der Waals surface area contributed by atoms with E-state index in [-0.39, 0.29) is 17.9 Å². The number of hydrogen-bond acceptors (Lipinski definition) is 6. The zero-order chi connectivity index (χ0) is 23.5. The van der Waals surface area contributed by atoms with Gasteiger partial charge in [-0.3, -0.25) is 4.79 Å². The number of para-hydroxylation sites is 1. The third kappa shape index (κ3) is 4.92. The molecule has 2 aromatic carbocycles. The van der Waals surface area contributed by atoms with Gasteiger partial charge in [-0.15, -0.1) is 0 Å². The van der Waals surface area contributed by atoms with Crippen molar-refractivity contribution in [3.63, 3.8) is 0 Å². The molecule has 1 amide bonds. The van der Waals surface area contributed by atoms with Gasteiger partial charge in [-0.2, -0.15) is 4.98 Å². The van der Waals surface area contributed by atoms with Gasteiger partial charge < -0.3 is 19.3 Å². The Morgan fingerprint density at radius 3 is 2.88 bits per heavy atom. The van der Waals surface area contributed by atoms with Gasteiger partial charge in [0.15, 0.2) is 5.82 Å². The molecule has 1 N–H and O–H groups in total. The van der Waals surface area contributed by atoms with E-state index in [9.17, 15) is 4.79 Å². The van der Waals surface area contributed by atoms with E-state index in [1.54, 1.807) is 6.08 Å². The summed E-state index contributed by atoms with van der Waals surface area (Å²) >= 11 is 0. The number of carbonyl (C=O) groups is 1. The Kier molecular flexibility index (Phi) is 6.49. The summed E-state index contributed by atoms with van der Waals surface area (Å²) in [5, 5.41) is 7.01. The highest BCUT2D eigenvalue weighted by Gasteiger charge is 2.21. The van der Waals surface area contributed by atoms with Gasteiger partial charge in [-0.05, 0) is 50.6 Å². The summed E-state index contributed by atoms with van der Waals surface area (Å²) in [6.45, 7) is 10.4. The molecule has 1 unspecified atom stereocenters. The van der Waals surface area contributed by atoms with Crippen molar-refractivity contribution in [2.75, 3.05) is 11.9 Å². The van der Waals surface area contributed by atoms with Gasteiger partial charge in [0, 0.05) is 29.5 Å². The molecule has 4 rings (SSSR count). The average Bonchev–Trinajstić information content (AvgIpc) is 3.40. The molecule has 0 aliphatic carbocycles. The van der Waals surface area contributed by atoms with Crippen LogP contribution >= 0.6 is 0 Å². The number of aryl methyl sites for hydroxylation is 1. The molecule has 0 bridgehead atoms. The van der Waals surface area contributed by atoms with E-state index >= 15 is 0 Å². The fourth-order valence-corrected chi connectivity index (χ4v) is 3.79. The number of rotatable bonds is 7. The number of nitrogens with one attached hydrogen (secondary N) is 1. The fraction of sp³-hybridized carbons (Fsp3) is 0.346. The van der Waals surface area contributed by atoms with Crippen molar-refractivity contribution in [1.82, 2.24) is 10.1 Å². The van der Waals surface area contributed by atoms with E-state index in [0.717, 1.165) is 34.6 Å². The maximum absolute atomic E-state index is 12.9. The molecule has 1 atom stereocenters. The smallest absolute Gasteiger partial charge is 0.260 e. The topological polar surface area (TPSA) is 86.5 Å². The second kappa shape index (κ2) is 9.48. The van der Waals surface area contributed by atoms with Crippen molar-refractivity contribution >= 4 is 17.7 Å². The van der Waals surface area contributed by atoms with Crippen molar-refractivity contribution in [3.8, 4) is 23.0 Å². The Labute approximate surface area is 193 Å². The van der Waals surface area contributed by atoms with Crippen LogP contribution in [0.1, 0.15) is 56.1 Å². The standard InChI is InChI=1S/C26H29N3O4/c1-6-31-21-14-19-12-17(5)32-22(19)13-18(21)10-11-23(30)27-24-16(4)8-7-9-20(24)26-28-25(15(2)3)29-33-26/h7-11,13-15,17H,6,12H2,1-5H3,(H,27,30)/b11-10+. The highest BCUT2D eigenvalue weighted by molar-refractivity contribution is 6.04. The minimum absolute atomic E-state index is 0.136. The Hall–Kier alpha value is -3.61. The number of amides is 1. The highest BCUT2D eigenvalue weighted by atomic mass is 16.5. The number of fused-ring (bicyclic) bond motifs is 1. The van der Waals surface area contributed by atoms with E-state index < -0.39 is 0 Å².